The quantitative estimate of drug-likeness (QED) is 0.661. The number of anilines is 1. The van der Waals surface area contributed by atoms with Crippen molar-refractivity contribution in [3.05, 3.63) is 23.9 Å². The van der Waals surface area contributed by atoms with Gasteiger partial charge in [0.2, 0.25) is 5.91 Å². The van der Waals surface area contributed by atoms with Crippen LogP contribution in [0.2, 0.25) is 0 Å². The number of carbonyl (C=O) groups excluding carboxylic acids is 1. The smallest absolute Gasteiger partial charge is 0.225 e. The maximum Gasteiger partial charge on any atom is 0.225 e. The SMILES string of the molecule is Cc1cccnc1NC(=O)CCCCBr. The third kappa shape index (κ3) is 4.42. The van der Waals surface area contributed by atoms with E-state index >= 15 is 0 Å². The summed E-state index contributed by atoms with van der Waals surface area (Å²) in [6, 6.07) is 3.79. The Kier molecular flexibility index (Phi) is 5.32. The van der Waals surface area contributed by atoms with E-state index in [9.17, 15) is 4.79 Å². The Morgan fingerprint density at radius 3 is 3.00 bits per heavy atom. The molecule has 82 valence electrons. The predicted octanol–water partition coefficient (Wildman–Crippen LogP) is 2.89. The van der Waals surface area contributed by atoms with Gasteiger partial charge in [0, 0.05) is 17.9 Å². The fourth-order valence-corrected chi connectivity index (χ4v) is 1.59. The molecule has 0 aliphatic heterocycles. The second kappa shape index (κ2) is 6.56. The van der Waals surface area contributed by atoms with Gasteiger partial charge >= 0.3 is 0 Å². The lowest BCUT2D eigenvalue weighted by molar-refractivity contribution is -0.116. The maximum absolute atomic E-state index is 11.5. The van der Waals surface area contributed by atoms with Crippen molar-refractivity contribution in [2.24, 2.45) is 0 Å². The number of nitrogens with zero attached hydrogens (tertiary/aromatic N) is 1. The number of unbranched alkanes of at least 4 members (excludes halogenated alkanes) is 1. The van der Waals surface area contributed by atoms with E-state index < -0.39 is 0 Å². The summed E-state index contributed by atoms with van der Waals surface area (Å²) in [5.41, 5.74) is 0.992. The van der Waals surface area contributed by atoms with Gasteiger partial charge in [0.15, 0.2) is 0 Å². The van der Waals surface area contributed by atoms with Gasteiger partial charge in [-0.15, -0.1) is 0 Å². The van der Waals surface area contributed by atoms with Gasteiger partial charge in [-0.1, -0.05) is 22.0 Å². The average molecular weight is 271 g/mol. The molecule has 0 fully saturated rings. The molecule has 1 heterocycles. The van der Waals surface area contributed by atoms with E-state index in [1.54, 1.807) is 6.20 Å². The van der Waals surface area contributed by atoms with E-state index in [0.29, 0.717) is 12.2 Å². The highest BCUT2D eigenvalue weighted by Gasteiger charge is 2.04. The highest BCUT2D eigenvalue weighted by molar-refractivity contribution is 9.09. The Morgan fingerprint density at radius 1 is 1.53 bits per heavy atom. The van der Waals surface area contributed by atoms with Crippen LogP contribution in [0.25, 0.3) is 0 Å². The average Bonchev–Trinajstić information content (AvgIpc) is 2.22. The van der Waals surface area contributed by atoms with Gasteiger partial charge in [-0.25, -0.2) is 4.98 Å². The minimum absolute atomic E-state index is 0.0396. The zero-order valence-electron chi connectivity index (χ0n) is 8.79. The molecule has 1 rings (SSSR count). The number of nitrogens with one attached hydrogen (secondary N) is 1. The van der Waals surface area contributed by atoms with Crippen molar-refractivity contribution in [2.45, 2.75) is 26.2 Å². The lowest BCUT2D eigenvalue weighted by atomic mass is 10.2. The zero-order valence-corrected chi connectivity index (χ0v) is 10.4. The van der Waals surface area contributed by atoms with Crippen molar-refractivity contribution in [3.8, 4) is 0 Å². The number of rotatable bonds is 5. The lowest BCUT2D eigenvalue weighted by Gasteiger charge is -2.06. The van der Waals surface area contributed by atoms with E-state index in [-0.39, 0.29) is 5.91 Å². The van der Waals surface area contributed by atoms with Gasteiger partial charge in [-0.2, -0.15) is 0 Å². The summed E-state index contributed by atoms with van der Waals surface area (Å²) in [7, 11) is 0. The van der Waals surface area contributed by atoms with Gasteiger partial charge < -0.3 is 5.32 Å². The van der Waals surface area contributed by atoms with Crippen LogP contribution in [0.15, 0.2) is 18.3 Å². The summed E-state index contributed by atoms with van der Waals surface area (Å²) in [4.78, 5) is 15.6. The molecule has 0 aliphatic carbocycles. The Morgan fingerprint density at radius 2 is 2.33 bits per heavy atom. The highest BCUT2D eigenvalue weighted by atomic mass is 79.9. The molecule has 0 radical (unpaired) electrons. The zero-order chi connectivity index (χ0) is 11.1. The van der Waals surface area contributed by atoms with Gasteiger partial charge in [-0.05, 0) is 31.4 Å². The molecular weight excluding hydrogens is 256 g/mol. The summed E-state index contributed by atoms with van der Waals surface area (Å²) in [6.07, 6.45) is 4.17. The summed E-state index contributed by atoms with van der Waals surface area (Å²) in [5.74, 6) is 0.707. The van der Waals surface area contributed by atoms with Crippen LogP contribution in [-0.4, -0.2) is 16.2 Å². The summed E-state index contributed by atoms with van der Waals surface area (Å²) in [6.45, 7) is 1.93. The standard InChI is InChI=1S/C11H15BrN2O/c1-9-5-4-8-13-11(9)14-10(15)6-2-3-7-12/h4-5,8H,2-3,6-7H2,1H3,(H,13,14,15). The number of aryl methyl sites for hydroxylation is 1. The minimum Gasteiger partial charge on any atom is -0.310 e. The third-order valence-corrected chi connectivity index (χ3v) is 2.62. The Labute approximate surface area is 98.4 Å². The molecule has 1 aromatic heterocycles. The van der Waals surface area contributed by atoms with Crippen LogP contribution >= 0.6 is 15.9 Å². The summed E-state index contributed by atoms with van der Waals surface area (Å²) < 4.78 is 0. The molecule has 4 heteroatoms. The number of amides is 1. The first-order valence-corrected chi connectivity index (χ1v) is 6.13. The summed E-state index contributed by atoms with van der Waals surface area (Å²) in [5, 5.41) is 3.75. The van der Waals surface area contributed by atoms with Crippen molar-refractivity contribution in [1.82, 2.24) is 4.98 Å². The molecular formula is C11H15BrN2O. The van der Waals surface area contributed by atoms with Gasteiger partial charge in [0.1, 0.15) is 5.82 Å². The second-order valence-corrected chi connectivity index (χ2v) is 4.16. The van der Waals surface area contributed by atoms with Gasteiger partial charge in [0.25, 0.3) is 0 Å². The van der Waals surface area contributed by atoms with Crippen LogP contribution in [0.3, 0.4) is 0 Å². The normalized spacial score (nSPS) is 10.0. The lowest BCUT2D eigenvalue weighted by Crippen LogP contribution is -2.13. The number of carbonyl (C=O) groups is 1. The number of aromatic nitrogens is 1. The molecule has 1 amide bonds. The number of hydrogen-bond acceptors (Lipinski definition) is 2. The monoisotopic (exact) mass is 270 g/mol. The Hall–Kier alpha value is -0.900. The fraction of sp³-hybridized carbons (Fsp3) is 0.455. The third-order valence-electron chi connectivity index (χ3n) is 2.05. The van der Waals surface area contributed by atoms with Crippen LogP contribution in [0.1, 0.15) is 24.8 Å². The van der Waals surface area contributed by atoms with Crippen molar-refractivity contribution in [3.63, 3.8) is 0 Å². The number of alkyl halides is 1. The van der Waals surface area contributed by atoms with Crippen molar-refractivity contribution >= 4 is 27.7 Å². The first kappa shape index (κ1) is 12.2. The topological polar surface area (TPSA) is 42.0 Å². The van der Waals surface area contributed by atoms with E-state index in [1.807, 2.05) is 19.1 Å². The largest absolute Gasteiger partial charge is 0.310 e. The van der Waals surface area contributed by atoms with Crippen molar-refractivity contribution < 1.29 is 4.79 Å². The molecule has 3 nitrogen and oxygen atoms in total. The molecule has 0 aliphatic rings. The number of pyridine rings is 1. The van der Waals surface area contributed by atoms with Gasteiger partial charge in [-0.3, -0.25) is 4.79 Å². The van der Waals surface area contributed by atoms with Crippen molar-refractivity contribution in [1.29, 1.82) is 0 Å². The molecule has 0 saturated heterocycles. The van der Waals surface area contributed by atoms with Crippen LogP contribution < -0.4 is 5.32 Å². The van der Waals surface area contributed by atoms with Gasteiger partial charge in [0.05, 0.1) is 0 Å². The maximum atomic E-state index is 11.5. The van der Waals surface area contributed by atoms with E-state index in [0.717, 1.165) is 23.7 Å². The first-order chi connectivity index (χ1) is 7.24. The summed E-state index contributed by atoms with van der Waals surface area (Å²) >= 11 is 3.33. The predicted molar refractivity (Wildman–Crippen MR) is 65.2 cm³/mol. The molecule has 0 unspecified atom stereocenters. The molecule has 1 N–H and O–H groups in total. The van der Waals surface area contributed by atoms with Crippen LogP contribution in [0.5, 0.6) is 0 Å². The molecule has 15 heavy (non-hydrogen) atoms. The minimum atomic E-state index is 0.0396. The molecule has 0 spiro atoms. The fourth-order valence-electron chi connectivity index (χ4n) is 1.19. The van der Waals surface area contributed by atoms with E-state index in [2.05, 4.69) is 26.2 Å². The Bertz CT molecular complexity index is 328. The second-order valence-electron chi connectivity index (χ2n) is 3.36. The Balaban J connectivity index is 2.41. The first-order valence-electron chi connectivity index (χ1n) is 5.01. The molecule has 0 atom stereocenters. The van der Waals surface area contributed by atoms with E-state index in [4.69, 9.17) is 0 Å². The number of hydrogen-bond donors (Lipinski definition) is 1. The number of halogens is 1. The molecule has 0 aromatic carbocycles. The van der Waals surface area contributed by atoms with Crippen LogP contribution in [0, 0.1) is 6.92 Å². The van der Waals surface area contributed by atoms with Crippen LogP contribution in [0.4, 0.5) is 5.82 Å². The molecule has 0 saturated carbocycles. The van der Waals surface area contributed by atoms with Crippen molar-refractivity contribution in [2.75, 3.05) is 10.6 Å². The highest BCUT2D eigenvalue weighted by Crippen LogP contribution is 2.10. The van der Waals surface area contributed by atoms with Crippen LogP contribution in [-0.2, 0) is 4.79 Å². The molecule has 0 bridgehead atoms. The molecule has 1 aromatic rings. The van der Waals surface area contributed by atoms with E-state index in [1.165, 1.54) is 0 Å².